The zero-order valence-electron chi connectivity index (χ0n) is 47.2. The maximum atomic E-state index is 14.8. The van der Waals surface area contributed by atoms with Gasteiger partial charge in [0.05, 0.1) is 58.4 Å². The van der Waals surface area contributed by atoms with Crippen LogP contribution in [0, 0.1) is 0 Å². The summed E-state index contributed by atoms with van der Waals surface area (Å²) in [7, 11) is 0. The summed E-state index contributed by atoms with van der Waals surface area (Å²) < 4.78 is 71.0. The topological polar surface area (TPSA) is 109 Å². The van der Waals surface area contributed by atoms with Gasteiger partial charge in [-0.25, -0.2) is 4.79 Å². The Hall–Kier alpha value is -7.56. The number of carbonyl (C=O) groups is 1. The second-order valence-corrected chi connectivity index (χ2v) is 22.1. The van der Waals surface area contributed by atoms with Crippen LogP contribution in [0.15, 0.2) is 272 Å². The van der Waals surface area contributed by atoms with Gasteiger partial charge < -0.3 is 47.4 Å². The first kappa shape index (κ1) is 59.2. The number of carbonyl (C=O) groups excluding carboxylic acids is 1. The van der Waals surface area contributed by atoms with Crippen molar-refractivity contribution in [3.8, 4) is 11.1 Å². The predicted octanol–water partition coefficient (Wildman–Crippen LogP) is 14.3. The highest BCUT2D eigenvalue weighted by atomic mass is 32.2. The maximum Gasteiger partial charge on any atom is 0.338 e. The van der Waals surface area contributed by atoms with Crippen LogP contribution in [0.5, 0.6) is 0 Å². The highest BCUT2D eigenvalue weighted by molar-refractivity contribution is 7.99. The number of ether oxygens (including phenoxy) is 10. The second-order valence-electron chi connectivity index (χ2n) is 21.0. The van der Waals surface area contributed by atoms with Crippen LogP contribution < -0.4 is 0 Å². The highest BCUT2D eigenvalue weighted by Crippen LogP contribution is 2.41. The first-order valence-electron chi connectivity index (χ1n) is 29.0. The van der Waals surface area contributed by atoms with E-state index >= 15 is 0 Å². The third kappa shape index (κ3) is 16.9. The SMILES string of the molecule is O=C(O[C@H]1[C@H](OCc2ccccc2)[C@@H](OCc2ccccc2)[C@@H](O[C@H]2[C@H](OCc3ccccc3)[C@@H](OCc3ccccc3)[C@H](Sc3ccccc3)O[C@@H]2COCc2ccccc2)O[C@@H]1COCc1ccccc1)c1ccc(-c2ccccc2)cc1. The van der Waals surface area contributed by atoms with Crippen LogP contribution in [-0.4, -0.2) is 79.7 Å². The zero-order chi connectivity index (χ0) is 57.7. The van der Waals surface area contributed by atoms with E-state index in [1.165, 1.54) is 0 Å². The van der Waals surface area contributed by atoms with Gasteiger partial charge in [-0.1, -0.05) is 254 Å². The molecule has 0 radical (unpaired) electrons. The molecule has 0 aliphatic carbocycles. The van der Waals surface area contributed by atoms with Crippen molar-refractivity contribution in [2.24, 2.45) is 0 Å². The predicted molar refractivity (Wildman–Crippen MR) is 328 cm³/mol. The van der Waals surface area contributed by atoms with Crippen LogP contribution in [0.2, 0.25) is 0 Å². The summed E-state index contributed by atoms with van der Waals surface area (Å²) in [6, 6.07) is 87.4. The first-order valence-corrected chi connectivity index (χ1v) is 29.8. The Morgan fingerprint density at radius 3 is 1.14 bits per heavy atom. The van der Waals surface area contributed by atoms with Crippen LogP contribution >= 0.6 is 11.8 Å². The molecule has 0 bridgehead atoms. The lowest BCUT2D eigenvalue weighted by atomic mass is 9.96. The van der Waals surface area contributed by atoms with Crippen LogP contribution in [0.25, 0.3) is 11.1 Å². The fourth-order valence-corrected chi connectivity index (χ4v) is 11.6. The van der Waals surface area contributed by atoms with Gasteiger partial charge in [-0.2, -0.15) is 0 Å². The van der Waals surface area contributed by atoms with E-state index in [-0.39, 0.29) is 46.2 Å². The van der Waals surface area contributed by atoms with Gasteiger partial charge >= 0.3 is 5.97 Å². The Bertz CT molecular complexity index is 3340. The number of rotatable bonds is 27. The smallest absolute Gasteiger partial charge is 0.338 e. The molecule has 85 heavy (non-hydrogen) atoms. The molecule has 11 rings (SSSR count). The summed E-state index contributed by atoms with van der Waals surface area (Å²) in [5, 5.41) is 0. The van der Waals surface area contributed by atoms with Gasteiger partial charge in [0.2, 0.25) is 0 Å². The minimum absolute atomic E-state index is 0.0203. The van der Waals surface area contributed by atoms with Gasteiger partial charge in [-0.3, -0.25) is 0 Å². The Morgan fingerprint density at radius 2 is 0.694 bits per heavy atom. The molecule has 0 amide bonds. The Balaban J connectivity index is 1.00. The maximum absolute atomic E-state index is 14.8. The summed E-state index contributed by atoms with van der Waals surface area (Å²) in [6.07, 6.45) is -8.59. The second kappa shape index (κ2) is 31.0. The highest BCUT2D eigenvalue weighted by Gasteiger charge is 2.55. The summed E-state index contributed by atoms with van der Waals surface area (Å²) in [6.45, 7) is 1.40. The molecule has 10 atom stereocenters. The molecule has 9 aromatic carbocycles. The monoisotopic (exact) mass is 1150 g/mol. The van der Waals surface area contributed by atoms with Gasteiger partial charge in [0.1, 0.15) is 48.2 Å². The molecule has 2 aliphatic rings. The molecule has 0 spiro atoms. The fraction of sp³-hybridized carbons (Fsp3) is 0.247. The molecule has 9 aromatic rings. The molecule has 0 saturated carbocycles. The number of benzene rings is 9. The molecule has 11 nitrogen and oxygen atoms in total. The van der Waals surface area contributed by atoms with E-state index in [1.54, 1.807) is 23.9 Å². The van der Waals surface area contributed by atoms with E-state index in [1.807, 2.05) is 243 Å². The molecule has 2 fully saturated rings. The molecule has 2 saturated heterocycles. The van der Waals surface area contributed by atoms with E-state index in [4.69, 9.17) is 47.4 Å². The average molecular weight is 1160 g/mol. The van der Waals surface area contributed by atoms with Crippen LogP contribution in [0.1, 0.15) is 43.7 Å². The van der Waals surface area contributed by atoms with Crippen LogP contribution in [0.4, 0.5) is 0 Å². The minimum atomic E-state index is -1.23. The molecular weight excluding hydrogens is 1080 g/mol. The first-order chi connectivity index (χ1) is 42.1. The fourth-order valence-electron chi connectivity index (χ4n) is 10.5. The third-order valence-electron chi connectivity index (χ3n) is 14.9. The molecule has 2 heterocycles. The van der Waals surface area contributed by atoms with Gasteiger partial charge in [-0.15, -0.1) is 0 Å². The van der Waals surface area contributed by atoms with E-state index in [0.717, 1.165) is 49.4 Å². The largest absolute Gasteiger partial charge is 0.453 e. The lowest BCUT2D eigenvalue weighted by Gasteiger charge is -2.50. The van der Waals surface area contributed by atoms with Crippen molar-refractivity contribution in [3.05, 3.63) is 306 Å². The molecular formula is C73H70O11S. The number of esters is 1. The summed E-state index contributed by atoms with van der Waals surface area (Å²) in [5.41, 5.74) is 7.43. The van der Waals surface area contributed by atoms with Crippen LogP contribution in [-0.2, 0) is 87.0 Å². The van der Waals surface area contributed by atoms with Crippen molar-refractivity contribution in [2.45, 2.75) is 105 Å². The Labute approximate surface area is 502 Å². The molecule has 0 unspecified atom stereocenters. The van der Waals surface area contributed by atoms with Crippen molar-refractivity contribution in [2.75, 3.05) is 13.2 Å². The summed E-state index contributed by atoms with van der Waals surface area (Å²) >= 11 is 1.56. The van der Waals surface area contributed by atoms with Crippen molar-refractivity contribution < 1.29 is 52.2 Å². The van der Waals surface area contributed by atoms with E-state index < -0.39 is 66.5 Å². The third-order valence-corrected chi connectivity index (χ3v) is 16.0. The van der Waals surface area contributed by atoms with Gasteiger partial charge in [0.15, 0.2) is 12.4 Å². The zero-order valence-corrected chi connectivity index (χ0v) is 48.0. The van der Waals surface area contributed by atoms with E-state index in [0.29, 0.717) is 12.2 Å². The van der Waals surface area contributed by atoms with Crippen molar-refractivity contribution in [1.82, 2.24) is 0 Å². The summed E-state index contributed by atoms with van der Waals surface area (Å²) in [4.78, 5) is 15.8. The number of thioether (sulfide) groups is 1. The summed E-state index contributed by atoms with van der Waals surface area (Å²) in [5.74, 6) is -0.568. The lowest BCUT2D eigenvalue weighted by molar-refractivity contribution is -0.355. The van der Waals surface area contributed by atoms with E-state index in [2.05, 4.69) is 12.1 Å². The minimum Gasteiger partial charge on any atom is -0.453 e. The number of hydrogen-bond donors (Lipinski definition) is 0. The quantitative estimate of drug-likeness (QED) is 0.0457. The van der Waals surface area contributed by atoms with Crippen molar-refractivity contribution in [3.63, 3.8) is 0 Å². The van der Waals surface area contributed by atoms with Gasteiger partial charge in [-0.05, 0) is 68.8 Å². The normalized spacial score (nSPS) is 22.1. The standard InChI is InChI=1S/C73H70O11S/c74-71(61-43-41-60(42-44-61)59-37-21-7-22-38-59)83-65-63(51-75-45-53-25-9-1-10-26-53)81-72(69(79-49-57-33-17-5-18-34-57)67(65)77-47-55-29-13-3-14-30-55)84-66-64(52-76-46-54-27-11-2-12-28-54)82-73(85-62-39-23-8-24-40-62)70(80-50-58-35-19-6-20-36-58)68(66)78-48-56-31-15-4-16-32-56/h1-44,63-70,72-73H,45-52H2/t63-,64-,65-,66-,67+,68+,69-,70-,72-,73+/m1/s1. The van der Waals surface area contributed by atoms with Crippen molar-refractivity contribution >= 4 is 17.7 Å². The molecule has 12 heteroatoms. The van der Waals surface area contributed by atoms with Crippen molar-refractivity contribution in [1.29, 1.82) is 0 Å². The molecule has 0 aromatic heterocycles. The lowest BCUT2D eigenvalue weighted by Crippen LogP contribution is -2.66. The van der Waals surface area contributed by atoms with Gasteiger partial charge in [0, 0.05) is 4.90 Å². The van der Waals surface area contributed by atoms with Crippen LogP contribution in [0.3, 0.4) is 0 Å². The Kier molecular flexibility index (Phi) is 21.6. The van der Waals surface area contributed by atoms with Gasteiger partial charge in [0.25, 0.3) is 0 Å². The Morgan fingerprint density at radius 1 is 0.341 bits per heavy atom. The molecule has 2 aliphatic heterocycles. The van der Waals surface area contributed by atoms with E-state index in [9.17, 15) is 4.79 Å². The number of hydrogen-bond acceptors (Lipinski definition) is 12. The molecule has 0 N–H and O–H groups in total. The molecule has 434 valence electrons. The average Bonchev–Trinajstić information content (AvgIpc) is 3.62.